The molecule has 0 bridgehead atoms. The largest absolute Gasteiger partial charge is 0.343 e. The van der Waals surface area contributed by atoms with Gasteiger partial charge in [0, 0.05) is 30.0 Å². The SMILES string of the molecule is CC(Cc1ccc(Br)cc1)C(C)NCCCCN1CCCCC1=O. The van der Waals surface area contributed by atoms with Crippen molar-refractivity contribution in [2.75, 3.05) is 19.6 Å². The van der Waals surface area contributed by atoms with Crippen molar-refractivity contribution in [2.24, 2.45) is 5.92 Å². The van der Waals surface area contributed by atoms with Crippen LogP contribution in [0.5, 0.6) is 0 Å². The van der Waals surface area contributed by atoms with E-state index in [0.29, 0.717) is 17.9 Å². The Labute approximate surface area is 155 Å². The van der Waals surface area contributed by atoms with Gasteiger partial charge in [-0.15, -0.1) is 0 Å². The molecule has 1 fully saturated rings. The lowest BCUT2D eigenvalue weighted by molar-refractivity contribution is -0.133. The van der Waals surface area contributed by atoms with Crippen LogP contribution < -0.4 is 5.32 Å². The quantitative estimate of drug-likeness (QED) is 0.629. The van der Waals surface area contributed by atoms with Gasteiger partial charge in [-0.3, -0.25) is 4.79 Å². The van der Waals surface area contributed by atoms with Crippen LogP contribution in [-0.2, 0) is 11.2 Å². The molecular formula is C20H31BrN2O. The van der Waals surface area contributed by atoms with E-state index < -0.39 is 0 Å². The molecule has 0 saturated carbocycles. The maximum absolute atomic E-state index is 11.8. The molecule has 0 aliphatic carbocycles. The van der Waals surface area contributed by atoms with Gasteiger partial charge in [-0.2, -0.15) is 0 Å². The number of unbranched alkanes of at least 4 members (excludes halogenated alkanes) is 1. The van der Waals surface area contributed by atoms with Crippen molar-refractivity contribution in [3.63, 3.8) is 0 Å². The molecule has 2 rings (SSSR count). The standard InChI is InChI=1S/C20H31BrN2O/c1-16(15-18-8-10-19(21)11-9-18)17(2)22-12-4-6-14-23-13-5-3-7-20(23)24/h8-11,16-17,22H,3-7,12-15H2,1-2H3. The molecule has 0 aromatic heterocycles. The van der Waals surface area contributed by atoms with Crippen molar-refractivity contribution in [2.45, 2.75) is 58.4 Å². The molecule has 0 spiro atoms. The lowest BCUT2D eigenvalue weighted by atomic mass is 9.95. The minimum Gasteiger partial charge on any atom is -0.343 e. The predicted octanol–water partition coefficient (Wildman–Crippen LogP) is 4.40. The summed E-state index contributed by atoms with van der Waals surface area (Å²) in [5, 5.41) is 3.65. The zero-order chi connectivity index (χ0) is 17.4. The highest BCUT2D eigenvalue weighted by Crippen LogP contribution is 2.16. The smallest absolute Gasteiger partial charge is 0.222 e. The van der Waals surface area contributed by atoms with Crippen LogP contribution in [0.3, 0.4) is 0 Å². The number of carbonyl (C=O) groups excluding carboxylic acids is 1. The number of hydrogen-bond acceptors (Lipinski definition) is 2. The van der Waals surface area contributed by atoms with Crippen molar-refractivity contribution in [3.8, 4) is 0 Å². The van der Waals surface area contributed by atoms with Crippen molar-refractivity contribution in [1.82, 2.24) is 10.2 Å². The summed E-state index contributed by atoms with van der Waals surface area (Å²) in [7, 11) is 0. The van der Waals surface area contributed by atoms with Crippen LogP contribution in [0.2, 0.25) is 0 Å². The van der Waals surface area contributed by atoms with Gasteiger partial charge in [-0.05, 0) is 69.2 Å². The van der Waals surface area contributed by atoms with Crippen LogP contribution in [0, 0.1) is 5.92 Å². The Balaban J connectivity index is 1.59. The van der Waals surface area contributed by atoms with E-state index in [1.165, 1.54) is 12.0 Å². The Morgan fingerprint density at radius 2 is 1.92 bits per heavy atom. The van der Waals surface area contributed by atoms with E-state index in [4.69, 9.17) is 0 Å². The summed E-state index contributed by atoms with van der Waals surface area (Å²) >= 11 is 3.49. The normalized spacial score (nSPS) is 17.8. The van der Waals surface area contributed by atoms with E-state index in [2.05, 4.69) is 59.4 Å². The van der Waals surface area contributed by atoms with Crippen LogP contribution in [0.1, 0.15) is 51.5 Å². The summed E-state index contributed by atoms with van der Waals surface area (Å²) in [4.78, 5) is 13.8. The molecule has 1 aromatic rings. The van der Waals surface area contributed by atoms with Gasteiger partial charge in [-0.25, -0.2) is 0 Å². The number of likely N-dealkylation sites (tertiary alicyclic amines) is 1. The van der Waals surface area contributed by atoms with Crippen LogP contribution >= 0.6 is 15.9 Å². The molecule has 1 amide bonds. The second-order valence-electron chi connectivity index (χ2n) is 7.10. The summed E-state index contributed by atoms with van der Waals surface area (Å²) in [5.41, 5.74) is 1.39. The number of piperidine rings is 1. The zero-order valence-electron chi connectivity index (χ0n) is 15.1. The van der Waals surface area contributed by atoms with E-state index in [1.54, 1.807) is 0 Å². The number of carbonyl (C=O) groups is 1. The molecule has 1 saturated heterocycles. The molecule has 134 valence electrons. The first-order valence-corrected chi connectivity index (χ1v) is 10.1. The first-order valence-electron chi connectivity index (χ1n) is 9.32. The predicted molar refractivity (Wildman–Crippen MR) is 104 cm³/mol. The van der Waals surface area contributed by atoms with E-state index in [-0.39, 0.29) is 0 Å². The maximum atomic E-state index is 11.8. The van der Waals surface area contributed by atoms with Gasteiger partial charge in [-0.1, -0.05) is 35.0 Å². The van der Waals surface area contributed by atoms with E-state index >= 15 is 0 Å². The van der Waals surface area contributed by atoms with Crippen LogP contribution in [0.4, 0.5) is 0 Å². The van der Waals surface area contributed by atoms with E-state index in [0.717, 1.165) is 56.2 Å². The summed E-state index contributed by atoms with van der Waals surface area (Å²) in [6.45, 7) is 7.52. The Bertz CT molecular complexity index is 503. The van der Waals surface area contributed by atoms with Gasteiger partial charge in [0.1, 0.15) is 0 Å². The number of nitrogens with one attached hydrogen (secondary N) is 1. The highest BCUT2D eigenvalue weighted by Gasteiger charge is 2.17. The molecule has 2 unspecified atom stereocenters. The maximum Gasteiger partial charge on any atom is 0.222 e. The summed E-state index contributed by atoms with van der Waals surface area (Å²) in [5.74, 6) is 0.959. The lowest BCUT2D eigenvalue weighted by Crippen LogP contribution is -2.37. The fraction of sp³-hybridized carbons (Fsp3) is 0.650. The van der Waals surface area contributed by atoms with Crippen LogP contribution in [-0.4, -0.2) is 36.5 Å². The van der Waals surface area contributed by atoms with Crippen molar-refractivity contribution >= 4 is 21.8 Å². The molecule has 1 aromatic carbocycles. The second-order valence-corrected chi connectivity index (χ2v) is 8.01. The summed E-state index contributed by atoms with van der Waals surface area (Å²) in [6.07, 6.45) is 6.34. The third-order valence-electron chi connectivity index (χ3n) is 5.07. The Kier molecular flexibility index (Phi) is 8.26. The van der Waals surface area contributed by atoms with Gasteiger partial charge in [0.05, 0.1) is 0 Å². The Morgan fingerprint density at radius 3 is 2.62 bits per heavy atom. The topological polar surface area (TPSA) is 32.3 Å². The molecule has 24 heavy (non-hydrogen) atoms. The van der Waals surface area contributed by atoms with Crippen LogP contribution in [0.25, 0.3) is 0 Å². The van der Waals surface area contributed by atoms with Gasteiger partial charge in [0.25, 0.3) is 0 Å². The van der Waals surface area contributed by atoms with Crippen molar-refractivity contribution < 1.29 is 4.79 Å². The molecule has 4 heteroatoms. The number of nitrogens with zero attached hydrogens (tertiary/aromatic N) is 1. The number of amides is 1. The van der Waals surface area contributed by atoms with Gasteiger partial charge in [0.15, 0.2) is 0 Å². The number of benzene rings is 1. The van der Waals surface area contributed by atoms with Gasteiger partial charge >= 0.3 is 0 Å². The first kappa shape index (κ1) is 19.5. The molecule has 1 N–H and O–H groups in total. The molecule has 1 heterocycles. The van der Waals surface area contributed by atoms with Crippen molar-refractivity contribution in [1.29, 1.82) is 0 Å². The molecule has 3 nitrogen and oxygen atoms in total. The average molecular weight is 395 g/mol. The average Bonchev–Trinajstić information content (AvgIpc) is 2.58. The zero-order valence-corrected chi connectivity index (χ0v) is 16.6. The highest BCUT2D eigenvalue weighted by atomic mass is 79.9. The third-order valence-corrected chi connectivity index (χ3v) is 5.60. The van der Waals surface area contributed by atoms with Gasteiger partial charge in [0.2, 0.25) is 5.91 Å². The monoisotopic (exact) mass is 394 g/mol. The van der Waals surface area contributed by atoms with E-state index in [1.807, 2.05) is 4.90 Å². The molecule has 1 aliphatic rings. The minimum absolute atomic E-state index is 0.352. The number of halogens is 1. The number of hydrogen-bond donors (Lipinski definition) is 1. The molecular weight excluding hydrogens is 364 g/mol. The van der Waals surface area contributed by atoms with Crippen LogP contribution in [0.15, 0.2) is 28.7 Å². The van der Waals surface area contributed by atoms with E-state index in [9.17, 15) is 4.79 Å². The third kappa shape index (κ3) is 6.56. The summed E-state index contributed by atoms with van der Waals surface area (Å²) < 4.78 is 1.14. The fourth-order valence-electron chi connectivity index (χ4n) is 3.23. The highest BCUT2D eigenvalue weighted by molar-refractivity contribution is 9.10. The fourth-order valence-corrected chi connectivity index (χ4v) is 3.49. The first-order chi connectivity index (χ1) is 11.6. The molecule has 0 radical (unpaired) electrons. The Hall–Kier alpha value is -0.870. The Morgan fingerprint density at radius 1 is 1.17 bits per heavy atom. The summed E-state index contributed by atoms with van der Waals surface area (Å²) in [6, 6.07) is 9.13. The number of rotatable bonds is 9. The second kappa shape index (κ2) is 10.2. The van der Waals surface area contributed by atoms with Crippen molar-refractivity contribution in [3.05, 3.63) is 34.3 Å². The van der Waals surface area contributed by atoms with Gasteiger partial charge < -0.3 is 10.2 Å². The lowest BCUT2D eigenvalue weighted by Gasteiger charge is -2.27. The molecule has 2 atom stereocenters. The molecule has 1 aliphatic heterocycles. The minimum atomic E-state index is 0.352.